The molecule has 1 saturated heterocycles. The van der Waals surface area contributed by atoms with Crippen LogP contribution in [0.3, 0.4) is 0 Å². The lowest BCUT2D eigenvalue weighted by Gasteiger charge is -2.27. The summed E-state index contributed by atoms with van der Waals surface area (Å²) < 4.78 is 36.5. The van der Waals surface area contributed by atoms with Crippen molar-refractivity contribution in [2.24, 2.45) is 5.41 Å². The van der Waals surface area contributed by atoms with Crippen molar-refractivity contribution in [1.82, 2.24) is 15.3 Å². The zero-order valence-electron chi connectivity index (χ0n) is 17.8. The molecular weight excluding hydrogens is 455 g/mol. The zero-order valence-corrected chi connectivity index (χ0v) is 19.3. The van der Waals surface area contributed by atoms with E-state index in [0.717, 1.165) is 48.7 Å². The van der Waals surface area contributed by atoms with Gasteiger partial charge in [0.2, 0.25) is 5.82 Å². The molecule has 32 heavy (non-hydrogen) atoms. The molecule has 2 fully saturated rings. The Kier molecular flexibility index (Phi) is 5.98. The van der Waals surface area contributed by atoms with Crippen molar-refractivity contribution in [2.75, 3.05) is 17.7 Å². The number of anilines is 1. The summed E-state index contributed by atoms with van der Waals surface area (Å²) in [4.78, 5) is 22.9. The fraction of sp³-hybridized carbons (Fsp3) is 0.409. The van der Waals surface area contributed by atoms with E-state index in [0.29, 0.717) is 0 Å². The average molecular weight is 479 g/mol. The standard InChI is InChI=1S/C22H24ClFN4O3S/c1-14(6-9-32(2,30)31)27-21(29)20-25-11-15(12-26-20)28-13-22(7-8-22)10-18(28)16-4-3-5-17(24)19(16)23/h3-6,9,11-12,14,18H,7-8,10,13H2,1-2H3,(H,27,29)/b9-6+/t14-,18+/m1/s1. The van der Waals surface area contributed by atoms with Crippen LogP contribution in [0.15, 0.2) is 42.1 Å². The van der Waals surface area contributed by atoms with Gasteiger partial charge in [0.15, 0.2) is 9.84 Å². The van der Waals surface area contributed by atoms with Gasteiger partial charge in [0.05, 0.1) is 29.1 Å². The molecule has 170 valence electrons. The van der Waals surface area contributed by atoms with Crippen LogP contribution in [-0.2, 0) is 9.84 Å². The quantitative estimate of drug-likeness (QED) is 0.681. The Labute approximate surface area is 191 Å². The molecule has 2 aliphatic rings. The maximum Gasteiger partial charge on any atom is 0.289 e. The molecule has 1 amide bonds. The van der Waals surface area contributed by atoms with E-state index < -0.39 is 27.6 Å². The molecular formula is C22H24ClFN4O3S. The van der Waals surface area contributed by atoms with Gasteiger partial charge in [-0.1, -0.05) is 29.8 Å². The third-order valence-electron chi connectivity index (χ3n) is 5.95. The molecule has 1 spiro atoms. The van der Waals surface area contributed by atoms with Gasteiger partial charge in [-0.05, 0) is 43.2 Å². The number of halogens is 2. The molecule has 7 nitrogen and oxygen atoms in total. The SMILES string of the molecule is C[C@H](/C=C/S(C)(=O)=O)NC(=O)c1ncc(N2CC3(CC3)C[C@H]2c2cccc(F)c2Cl)cn1. The van der Waals surface area contributed by atoms with Crippen LogP contribution < -0.4 is 10.2 Å². The number of hydrogen-bond donors (Lipinski definition) is 1. The largest absolute Gasteiger partial charge is 0.361 e. The van der Waals surface area contributed by atoms with Crippen molar-refractivity contribution in [3.05, 3.63) is 64.3 Å². The van der Waals surface area contributed by atoms with Crippen LogP contribution in [0.2, 0.25) is 5.02 Å². The van der Waals surface area contributed by atoms with E-state index in [2.05, 4.69) is 20.2 Å². The molecule has 0 bridgehead atoms. The fourth-order valence-corrected chi connectivity index (χ4v) is 4.86. The second kappa shape index (κ2) is 8.44. The first-order valence-corrected chi connectivity index (χ1v) is 12.6. The van der Waals surface area contributed by atoms with Gasteiger partial charge in [-0.25, -0.2) is 22.8 Å². The number of amides is 1. The van der Waals surface area contributed by atoms with Crippen molar-refractivity contribution in [2.45, 2.75) is 38.3 Å². The number of rotatable bonds is 6. The van der Waals surface area contributed by atoms with Gasteiger partial charge in [0, 0.05) is 24.3 Å². The topological polar surface area (TPSA) is 92.3 Å². The Balaban J connectivity index is 1.52. The third kappa shape index (κ3) is 4.94. The summed E-state index contributed by atoms with van der Waals surface area (Å²) in [5, 5.41) is 3.82. The molecule has 2 atom stereocenters. The minimum atomic E-state index is -3.27. The number of carbonyl (C=O) groups excluding carboxylic acids is 1. The monoisotopic (exact) mass is 478 g/mol. The number of nitrogens with one attached hydrogen (secondary N) is 1. The van der Waals surface area contributed by atoms with Crippen LogP contribution >= 0.6 is 11.6 Å². The van der Waals surface area contributed by atoms with E-state index in [4.69, 9.17) is 11.6 Å². The maximum atomic E-state index is 14.1. The Morgan fingerprint density at radius 2 is 2.03 bits per heavy atom. The van der Waals surface area contributed by atoms with Crippen molar-refractivity contribution in [3.8, 4) is 0 Å². The lowest BCUT2D eigenvalue weighted by atomic mass is 9.98. The number of aromatic nitrogens is 2. The molecule has 1 aromatic carbocycles. The molecule has 0 unspecified atom stereocenters. The molecule has 2 aromatic rings. The smallest absolute Gasteiger partial charge is 0.289 e. The molecule has 1 aliphatic carbocycles. The molecule has 4 rings (SSSR count). The predicted octanol–water partition coefficient (Wildman–Crippen LogP) is 3.68. The molecule has 1 aliphatic heterocycles. The van der Waals surface area contributed by atoms with Crippen LogP contribution in [0.1, 0.15) is 48.4 Å². The van der Waals surface area contributed by atoms with Gasteiger partial charge in [-0.15, -0.1) is 0 Å². The summed E-state index contributed by atoms with van der Waals surface area (Å²) in [7, 11) is -3.27. The van der Waals surface area contributed by atoms with Gasteiger partial charge >= 0.3 is 0 Å². The minimum Gasteiger partial charge on any atom is -0.361 e. The molecule has 1 saturated carbocycles. The normalized spacial score (nSPS) is 20.6. The van der Waals surface area contributed by atoms with E-state index in [1.807, 2.05) is 6.07 Å². The van der Waals surface area contributed by atoms with Crippen LogP contribution in [0.5, 0.6) is 0 Å². The van der Waals surface area contributed by atoms with Crippen molar-refractivity contribution >= 4 is 33.0 Å². The van der Waals surface area contributed by atoms with Gasteiger partial charge in [-0.3, -0.25) is 4.79 Å². The number of carbonyl (C=O) groups is 1. The van der Waals surface area contributed by atoms with Crippen LogP contribution in [-0.4, -0.2) is 43.1 Å². The first kappa shape index (κ1) is 22.7. The summed E-state index contributed by atoms with van der Waals surface area (Å²) in [5.74, 6) is -0.968. The number of hydrogen-bond acceptors (Lipinski definition) is 6. The molecule has 10 heteroatoms. The van der Waals surface area contributed by atoms with Crippen molar-refractivity contribution < 1.29 is 17.6 Å². The predicted molar refractivity (Wildman–Crippen MR) is 121 cm³/mol. The van der Waals surface area contributed by atoms with Crippen LogP contribution in [0.4, 0.5) is 10.1 Å². The molecule has 1 N–H and O–H groups in total. The van der Waals surface area contributed by atoms with Gasteiger partial charge in [0.25, 0.3) is 5.91 Å². The molecule has 2 heterocycles. The Bertz CT molecular complexity index is 1170. The summed E-state index contributed by atoms with van der Waals surface area (Å²) in [6.45, 7) is 2.45. The number of benzene rings is 1. The first-order chi connectivity index (χ1) is 15.1. The average Bonchev–Trinajstić information content (AvgIpc) is 3.39. The Hall–Kier alpha value is -2.52. The van der Waals surface area contributed by atoms with Gasteiger partial charge < -0.3 is 10.2 Å². The molecule has 1 aromatic heterocycles. The number of nitrogens with zero attached hydrogens (tertiary/aromatic N) is 3. The highest BCUT2D eigenvalue weighted by atomic mass is 35.5. The van der Waals surface area contributed by atoms with Gasteiger partial charge in [-0.2, -0.15) is 0 Å². The lowest BCUT2D eigenvalue weighted by Crippen LogP contribution is -2.32. The second-order valence-electron chi connectivity index (χ2n) is 8.68. The summed E-state index contributed by atoms with van der Waals surface area (Å²) in [5.41, 5.74) is 1.68. The summed E-state index contributed by atoms with van der Waals surface area (Å²) in [6, 6.07) is 4.26. The fourth-order valence-electron chi connectivity index (χ4n) is 4.09. The lowest BCUT2D eigenvalue weighted by molar-refractivity contribution is 0.0936. The minimum absolute atomic E-state index is 0.0194. The number of sulfone groups is 1. The summed E-state index contributed by atoms with van der Waals surface area (Å²) in [6.07, 6.45) is 8.74. The Morgan fingerprint density at radius 3 is 2.66 bits per heavy atom. The van der Waals surface area contributed by atoms with Gasteiger partial charge in [0.1, 0.15) is 5.82 Å². The van der Waals surface area contributed by atoms with Crippen LogP contribution in [0.25, 0.3) is 0 Å². The van der Waals surface area contributed by atoms with E-state index in [-0.39, 0.29) is 22.3 Å². The maximum absolute atomic E-state index is 14.1. The highest BCUT2D eigenvalue weighted by Crippen LogP contribution is 2.59. The van der Waals surface area contributed by atoms with E-state index in [9.17, 15) is 17.6 Å². The molecule has 0 radical (unpaired) electrons. The first-order valence-electron chi connectivity index (χ1n) is 10.3. The van der Waals surface area contributed by atoms with Crippen molar-refractivity contribution in [1.29, 1.82) is 0 Å². The second-order valence-corrected chi connectivity index (χ2v) is 11.0. The zero-order chi connectivity index (χ0) is 23.1. The van der Waals surface area contributed by atoms with Crippen LogP contribution in [0, 0.1) is 11.2 Å². The van der Waals surface area contributed by atoms with E-state index >= 15 is 0 Å². The van der Waals surface area contributed by atoms with E-state index in [1.165, 1.54) is 12.1 Å². The van der Waals surface area contributed by atoms with E-state index in [1.54, 1.807) is 25.4 Å². The third-order valence-corrected chi connectivity index (χ3v) is 7.00. The van der Waals surface area contributed by atoms with Crippen molar-refractivity contribution in [3.63, 3.8) is 0 Å². The Morgan fingerprint density at radius 1 is 1.34 bits per heavy atom. The highest BCUT2D eigenvalue weighted by molar-refractivity contribution is 7.93. The summed E-state index contributed by atoms with van der Waals surface area (Å²) >= 11 is 6.28. The highest BCUT2D eigenvalue weighted by Gasteiger charge is 2.52.